The molecule has 0 bridgehead atoms. The number of anilines is 1. The molecular weight excluding hydrogens is 388 g/mol. The van der Waals surface area contributed by atoms with Crippen molar-refractivity contribution in [2.45, 2.75) is 30.4 Å². The van der Waals surface area contributed by atoms with Crippen molar-refractivity contribution in [3.05, 3.63) is 59.7 Å². The molecule has 1 atom stereocenters. The lowest BCUT2D eigenvalue weighted by Crippen LogP contribution is -2.37. The SMILES string of the molecule is Cc1cccc(C(=O)NCC(=O)OCC(=O)N2CCC(C)Sc3ccccc32)c1. The highest BCUT2D eigenvalue weighted by Crippen LogP contribution is 2.37. The van der Waals surface area contributed by atoms with Gasteiger partial charge in [0, 0.05) is 22.3 Å². The van der Waals surface area contributed by atoms with E-state index in [4.69, 9.17) is 4.74 Å². The number of hydrogen-bond acceptors (Lipinski definition) is 5. The first-order valence-corrected chi connectivity index (χ1v) is 10.4. The molecule has 2 aromatic rings. The van der Waals surface area contributed by atoms with Crippen molar-refractivity contribution < 1.29 is 19.1 Å². The molecule has 0 aromatic heterocycles. The van der Waals surface area contributed by atoms with Crippen LogP contribution in [0.1, 0.15) is 29.3 Å². The fourth-order valence-electron chi connectivity index (χ4n) is 3.06. The smallest absolute Gasteiger partial charge is 0.325 e. The van der Waals surface area contributed by atoms with E-state index in [2.05, 4.69) is 12.2 Å². The van der Waals surface area contributed by atoms with Crippen LogP contribution >= 0.6 is 11.8 Å². The van der Waals surface area contributed by atoms with Crippen molar-refractivity contribution >= 4 is 35.2 Å². The minimum absolute atomic E-state index is 0.273. The molecule has 3 rings (SSSR count). The summed E-state index contributed by atoms with van der Waals surface area (Å²) in [6, 6.07) is 14.8. The van der Waals surface area contributed by atoms with Gasteiger partial charge in [-0.15, -0.1) is 11.8 Å². The van der Waals surface area contributed by atoms with Gasteiger partial charge in [-0.05, 0) is 37.6 Å². The Morgan fingerprint density at radius 2 is 1.97 bits per heavy atom. The van der Waals surface area contributed by atoms with E-state index in [0.29, 0.717) is 17.4 Å². The maximum Gasteiger partial charge on any atom is 0.325 e. The number of benzene rings is 2. The lowest BCUT2D eigenvalue weighted by molar-refractivity contribution is -0.146. The zero-order chi connectivity index (χ0) is 20.8. The Morgan fingerprint density at radius 1 is 1.17 bits per heavy atom. The van der Waals surface area contributed by atoms with Crippen LogP contribution in [0.2, 0.25) is 0 Å². The first kappa shape index (κ1) is 20.9. The van der Waals surface area contributed by atoms with Crippen molar-refractivity contribution in [2.24, 2.45) is 0 Å². The topological polar surface area (TPSA) is 75.7 Å². The Kier molecular flexibility index (Phi) is 6.93. The number of amides is 2. The Morgan fingerprint density at radius 3 is 2.76 bits per heavy atom. The van der Waals surface area contributed by atoms with Gasteiger partial charge < -0.3 is 15.0 Å². The maximum absolute atomic E-state index is 12.7. The summed E-state index contributed by atoms with van der Waals surface area (Å²) in [5, 5.41) is 2.92. The predicted molar refractivity (Wildman–Crippen MR) is 113 cm³/mol. The van der Waals surface area contributed by atoms with Crippen molar-refractivity contribution in [1.82, 2.24) is 5.32 Å². The van der Waals surface area contributed by atoms with Crippen LogP contribution in [0.3, 0.4) is 0 Å². The van der Waals surface area contributed by atoms with Gasteiger partial charge in [0.05, 0.1) is 5.69 Å². The predicted octanol–water partition coefficient (Wildman–Crippen LogP) is 3.19. The van der Waals surface area contributed by atoms with Gasteiger partial charge in [-0.3, -0.25) is 14.4 Å². The highest BCUT2D eigenvalue weighted by molar-refractivity contribution is 8.00. The quantitative estimate of drug-likeness (QED) is 0.764. The fraction of sp³-hybridized carbons (Fsp3) is 0.318. The number of carbonyl (C=O) groups excluding carboxylic acids is 3. The lowest BCUT2D eigenvalue weighted by atomic mass is 10.1. The molecule has 7 heteroatoms. The standard InChI is InChI=1S/C22H24N2O4S/c1-15-6-5-7-17(12-15)22(27)23-13-21(26)28-14-20(25)24-11-10-16(2)29-19-9-4-3-8-18(19)24/h3-9,12,16H,10-11,13-14H2,1-2H3,(H,23,27). The van der Waals surface area contributed by atoms with E-state index in [1.54, 1.807) is 34.9 Å². The average molecular weight is 413 g/mol. The third-order valence-electron chi connectivity index (χ3n) is 4.57. The van der Waals surface area contributed by atoms with Crippen LogP contribution in [-0.4, -0.2) is 42.7 Å². The molecule has 1 aliphatic heterocycles. The van der Waals surface area contributed by atoms with Crippen molar-refractivity contribution in [1.29, 1.82) is 0 Å². The summed E-state index contributed by atoms with van der Waals surface area (Å²) >= 11 is 1.74. The summed E-state index contributed by atoms with van der Waals surface area (Å²) in [6.07, 6.45) is 0.853. The zero-order valence-corrected chi connectivity index (χ0v) is 17.3. The molecule has 6 nitrogen and oxygen atoms in total. The summed E-state index contributed by atoms with van der Waals surface area (Å²) in [6.45, 7) is 3.95. The van der Waals surface area contributed by atoms with E-state index < -0.39 is 5.97 Å². The third-order valence-corrected chi connectivity index (χ3v) is 5.81. The van der Waals surface area contributed by atoms with Crippen molar-refractivity contribution in [3.63, 3.8) is 0 Å². The van der Waals surface area contributed by atoms with Crippen LogP contribution in [-0.2, 0) is 14.3 Å². The van der Waals surface area contributed by atoms with Crippen LogP contribution in [0.15, 0.2) is 53.4 Å². The number of hydrogen-bond donors (Lipinski definition) is 1. The summed E-state index contributed by atoms with van der Waals surface area (Å²) in [4.78, 5) is 39.5. The lowest BCUT2D eigenvalue weighted by Gasteiger charge is -2.22. The molecule has 0 radical (unpaired) electrons. The number of carbonyl (C=O) groups is 3. The molecular formula is C22H24N2O4S. The van der Waals surface area contributed by atoms with Gasteiger partial charge >= 0.3 is 5.97 Å². The molecule has 1 N–H and O–H groups in total. The van der Waals surface area contributed by atoms with E-state index in [-0.39, 0.29) is 25.0 Å². The summed E-state index contributed by atoms with van der Waals surface area (Å²) in [7, 11) is 0. The molecule has 0 saturated heterocycles. The number of para-hydroxylation sites is 1. The highest BCUT2D eigenvalue weighted by atomic mass is 32.2. The number of ether oxygens (including phenoxy) is 1. The normalized spacial score (nSPS) is 15.8. The minimum Gasteiger partial charge on any atom is -0.454 e. The molecule has 0 fully saturated rings. The number of rotatable bonds is 5. The van der Waals surface area contributed by atoms with E-state index in [0.717, 1.165) is 22.6 Å². The Labute approximate surface area is 174 Å². The summed E-state index contributed by atoms with van der Waals surface area (Å²) < 4.78 is 5.10. The van der Waals surface area contributed by atoms with Gasteiger partial charge in [0.1, 0.15) is 6.54 Å². The highest BCUT2D eigenvalue weighted by Gasteiger charge is 2.24. The Hall–Kier alpha value is -2.80. The van der Waals surface area contributed by atoms with Crippen molar-refractivity contribution in [3.8, 4) is 0 Å². The number of fused-ring (bicyclic) bond motifs is 1. The summed E-state index contributed by atoms with van der Waals surface area (Å²) in [5.41, 5.74) is 2.27. The molecule has 2 amide bonds. The molecule has 2 aromatic carbocycles. The van der Waals surface area contributed by atoms with Gasteiger partial charge in [-0.25, -0.2) is 0 Å². The largest absolute Gasteiger partial charge is 0.454 e. The monoisotopic (exact) mass is 412 g/mol. The second kappa shape index (κ2) is 9.60. The molecule has 152 valence electrons. The molecule has 0 saturated carbocycles. The molecule has 1 heterocycles. The maximum atomic E-state index is 12.7. The van der Waals surface area contributed by atoms with E-state index >= 15 is 0 Å². The number of thioether (sulfide) groups is 1. The van der Waals surface area contributed by atoms with E-state index in [1.807, 2.05) is 37.3 Å². The second-order valence-corrected chi connectivity index (χ2v) is 8.42. The Balaban J connectivity index is 1.52. The van der Waals surface area contributed by atoms with Crippen LogP contribution in [0.5, 0.6) is 0 Å². The van der Waals surface area contributed by atoms with Gasteiger partial charge in [0.2, 0.25) is 0 Å². The number of nitrogens with zero attached hydrogens (tertiary/aromatic N) is 1. The van der Waals surface area contributed by atoms with Crippen LogP contribution in [0.4, 0.5) is 5.69 Å². The molecule has 0 spiro atoms. The second-order valence-electron chi connectivity index (χ2n) is 6.94. The number of nitrogens with one attached hydrogen (secondary N) is 1. The molecule has 0 aliphatic carbocycles. The van der Waals surface area contributed by atoms with Crippen LogP contribution in [0.25, 0.3) is 0 Å². The number of esters is 1. The van der Waals surface area contributed by atoms with Crippen LogP contribution in [0, 0.1) is 6.92 Å². The first-order chi connectivity index (χ1) is 13.9. The first-order valence-electron chi connectivity index (χ1n) is 9.50. The third kappa shape index (κ3) is 5.60. The van der Waals surface area contributed by atoms with Gasteiger partial charge in [0.25, 0.3) is 11.8 Å². The molecule has 1 aliphatic rings. The average Bonchev–Trinajstić information content (AvgIpc) is 2.88. The fourth-order valence-corrected chi connectivity index (χ4v) is 4.17. The van der Waals surface area contributed by atoms with E-state index in [1.165, 1.54) is 0 Å². The molecule has 1 unspecified atom stereocenters. The van der Waals surface area contributed by atoms with Gasteiger partial charge in [-0.1, -0.05) is 36.8 Å². The molecule has 29 heavy (non-hydrogen) atoms. The minimum atomic E-state index is -0.648. The summed E-state index contributed by atoms with van der Waals surface area (Å²) in [5.74, 6) is -1.28. The Bertz CT molecular complexity index is 915. The van der Waals surface area contributed by atoms with Gasteiger partial charge in [-0.2, -0.15) is 0 Å². The zero-order valence-electron chi connectivity index (χ0n) is 16.5. The van der Waals surface area contributed by atoms with Crippen molar-refractivity contribution in [2.75, 3.05) is 24.6 Å². The number of aryl methyl sites for hydroxylation is 1. The van der Waals surface area contributed by atoms with Gasteiger partial charge in [0.15, 0.2) is 6.61 Å². The van der Waals surface area contributed by atoms with Crippen LogP contribution < -0.4 is 10.2 Å². The van der Waals surface area contributed by atoms with E-state index in [9.17, 15) is 14.4 Å².